The second-order valence-corrected chi connectivity index (χ2v) is 6.58. The molecule has 0 aliphatic heterocycles. The molecule has 5 nitrogen and oxygen atoms in total. The van der Waals surface area contributed by atoms with E-state index in [0.717, 1.165) is 24.3 Å². The summed E-state index contributed by atoms with van der Waals surface area (Å²) in [7, 11) is -4.34. The Morgan fingerprint density at radius 2 is 1.75 bits per heavy atom. The van der Waals surface area contributed by atoms with Gasteiger partial charge < -0.3 is 5.32 Å². The summed E-state index contributed by atoms with van der Waals surface area (Å²) in [4.78, 5) is 11.3. The number of hydrogen-bond donors (Lipinski definition) is 2. The normalized spacial score (nSPS) is 12.7. The molecule has 0 fully saturated rings. The molecule has 0 bridgehead atoms. The van der Waals surface area contributed by atoms with Crippen LogP contribution < -0.4 is 10.5 Å². The predicted molar refractivity (Wildman–Crippen MR) is 80.0 cm³/mol. The van der Waals surface area contributed by atoms with Gasteiger partial charge in [-0.1, -0.05) is 6.07 Å². The molecule has 0 saturated carbocycles. The van der Waals surface area contributed by atoms with Crippen LogP contribution in [0.4, 0.5) is 13.2 Å². The molecule has 0 spiro atoms. The summed E-state index contributed by atoms with van der Waals surface area (Å²) in [5, 5.41) is 7.28. The Morgan fingerprint density at radius 3 is 2.33 bits per heavy atom. The lowest BCUT2D eigenvalue weighted by molar-refractivity contribution is 0.0939. The van der Waals surface area contributed by atoms with Crippen molar-refractivity contribution in [3.05, 3.63) is 65.0 Å². The van der Waals surface area contributed by atoms with Crippen molar-refractivity contribution in [3.63, 3.8) is 0 Å². The fourth-order valence-corrected chi connectivity index (χ4v) is 2.70. The van der Waals surface area contributed by atoms with Crippen LogP contribution in [-0.4, -0.2) is 14.3 Å². The summed E-state index contributed by atoms with van der Waals surface area (Å²) >= 11 is 0. The van der Waals surface area contributed by atoms with Crippen LogP contribution in [-0.2, 0) is 10.0 Å². The fraction of sp³-hybridized carbons (Fsp3) is 0.133. The number of nitrogens with two attached hydrogens (primary N) is 1. The summed E-state index contributed by atoms with van der Waals surface area (Å²) < 4.78 is 62.6. The van der Waals surface area contributed by atoms with Crippen LogP contribution in [0.2, 0.25) is 0 Å². The Balaban J connectivity index is 2.27. The molecule has 0 aliphatic rings. The second kappa shape index (κ2) is 6.62. The predicted octanol–water partition coefficient (Wildman–Crippen LogP) is 2.24. The van der Waals surface area contributed by atoms with E-state index >= 15 is 0 Å². The maximum Gasteiger partial charge on any atom is 0.251 e. The zero-order chi connectivity index (χ0) is 18.1. The summed E-state index contributed by atoms with van der Waals surface area (Å²) in [5.74, 6) is -3.46. The van der Waals surface area contributed by atoms with Crippen LogP contribution in [0, 0.1) is 17.5 Å². The zero-order valence-electron chi connectivity index (χ0n) is 12.4. The Morgan fingerprint density at radius 1 is 1.08 bits per heavy atom. The average Bonchev–Trinajstić information content (AvgIpc) is 2.46. The lowest BCUT2D eigenvalue weighted by Gasteiger charge is -2.15. The molecule has 3 N–H and O–H groups in total. The average molecular weight is 358 g/mol. The van der Waals surface area contributed by atoms with Gasteiger partial charge in [0.1, 0.15) is 22.3 Å². The SMILES string of the molecule is CC(NC(=O)c1ccc(F)c(S(N)(=O)=O)c1)c1ccc(F)cc1F. The number of rotatable bonds is 4. The van der Waals surface area contributed by atoms with E-state index in [2.05, 4.69) is 5.32 Å². The van der Waals surface area contributed by atoms with Gasteiger partial charge in [0.15, 0.2) is 0 Å². The molecule has 0 radical (unpaired) electrons. The molecule has 128 valence electrons. The van der Waals surface area contributed by atoms with Gasteiger partial charge in [0, 0.05) is 17.2 Å². The van der Waals surface area contributed by atoms with Crippen molar-refractivity contribution in [3.8, 4) is 0 Å². The molecule has 24 heavy (non-hydrogen) atoms. The molecular formula is C15H13F3N2O3S. The van der Waals surface area contributed by atoms with E-state index in [-0.39, 0.29) is 11.1 Å². The number of carbonyl (C=O) groups is 1. The quantitative estimate of drug-likeness (QED) is 0.878. The van der Waals surface area contributed by atoms with Crippen LogP contribution in [0.3, 0.4) is 0 Å². The summed E-state index contributed by atoms with van der Waals surface area (Å²) in [5.41, 5.74) is -0.131. The number of halogens is 3. The maximum atomic E-state index is 13.7. The first-order valence-electron chi connectivity index (χ1n) is 6.67. The van der Waals surface area contributed by atoms with Gasteiger partial charge in [-0.15, -0.1) is 0 Å². The summed E-state index contributed by atoms with van der Waals surface area (Å²) in [6.07, 6.45) is 0. The first-order valence-corrected chi connectivity index (χ1v) is 8.22. The molecule has 2 rings (SSSR count). The molecule has 0 heterocycles. The van der Waals surface area contributed by atoms with E-state index in [0.29, 0.717) is 6.07 Å². The van der Waals surface area contributed by atoms with Crippen molar-refractivity contribution < 1.29 is 26.4 Å². The molecule has 2 aromatic rings. The van der Waals surface area contributed by atoms with Gasteiger partial charge in [0.05, 0.1) is 6.04 Å². The third-order valence-electron chi connectivity index (χ3n) is 3.28. The first kappa shape index (κ1) is 18.0. The van der Waals surface area contributed by atoms with Crippen LogP contribution in [0.15, 0.2) is 41.3 Å². The Bertz CT molecular complexity index is 901. The van der Waals surface area contributed by atoms with E-state index in [4.69, 9.17) is 5.14 Å². The van der Waals surface area contributed by atoms with E-state index in [1.165, 1.54) is 13.0 Å². The Labute approximate surface area is 136 Å². The van der Waals surface area contributed by atoms with Gasteiger partial charge in [0.25, 0.3) is 5.91 Å². The highest BCUT2D eigenvalue weighted by Crippen LogP contribution is 2.19. The fourth-order valence-electron chi connectivity index (χ4n) is 2.07. The lowest BCUT2D eigenvalue weighted by Crippen LogP contribution is -2.27. The van der Waals surface area contributed by atoms with Crippen molar-refractivity contribution >= 4 is 15.9 Å². The van der Waals surface area contributed by atoms with Crippen LogP contribution in [0.1, 0.15) is 28.9 Å². The topological polar surface area (TPSA) is 89.3 Å². The highest BCUT2D eigenvalue weighted by molar-refractivity contribution is 7.89. The summed E-state index contributed by atoms with van der Waals surface area (Å²) in [6, 6.07) is 4.70. The molecule has 0 aromatic heterocycles. The van der Waals surface area contributed by atoms with Crippen LogP contribution >= 0.6 is 0 Å². The number of benzene rings is 2. The number of hydrogen-bond acceptors (Lipinski definition) is 3. The molecule has 0 saturated heterocycles. The number of carbonyl (C=O) groups excluding carboxylic acids is 1. The third kappa shape index (κ3) is 3.92. The van der Waals surface area contributed by atoms with Crippen LogP contribution in [0.25, 0.3) is 0 Å². The molecule has 1 unspecified atom stereocenters. The number of nitrogens with one attached hydrogen (secondary N) is 1. The van der Waals surface area contributed by atoms with Gasteiger partial charge in [-0.25, -0.2) is 26.7 Å². The minimum atomic E-state index is -4.34. The van der Waals surface area contributed by atoms with Crippen molar-refractivity contribution in [2.24, 2.45) is 5.14 Å². The van der Waals surface area contributed by atoms with Crippen molar-refractivity contribution in [1.82, 2.24) is 5.32 Å². The molecule has 0 aliphatic carbocycles. The monoisotopic (exact) mass is 358 g/mol. The Hall–Kier alpha value is -2.39. The number of sulfonamides is 1. The van der Waals surface area contributed by atoms with Gasteiger partial charge in [-0.05, 0) is 31.2 Å². The van der Waals surface area contributed by atoms with Crippen molar-refractivity contribution in [2.75, 3.05) is 0 Å². The van der Waals surface area contributed by atoms with Crippen LogP contribution in [0.5, 0.6) is 0 Å². The standard InChI is InChI=1S/C15H13F3N2O3S/c1-8(11-4-3-10(16)7-13(11)18)20-15(21)9-2-5-12(17)14(6-9)24(19,22)23/h2-8H,1H3,(H,20,21)(H2,19,22,23). The minimum Gasteiger partial charge on any atom is -0.345 e. The zero-order valence-corrected chi connectivity index (χ0v) is 13.2. The second-order valence-electron chi connectivity index (χ2n) is 5.05. The van der Waals surface area contributed by atoms with E-state index in [1.54, 1.807) is 0 Å². The minimum absolute atomic E-state index is 0.0403. The summed E-state index contributed by atoms with van der Waals surface area (Å²) in [6.45, 7) is 1.46. The molecular weight excluding hydrogens is 345 g/mol. The van der Waals surface area contributed by atoms with Crippen molar-refractivity contribution in [1.29, 1.82) is 0 Å². The van der Waals surface area contributed by atoms with E-state index < -0.39 is 44.3 Å². The van der Waals surface area contributed by atoms with Gasteiger partial charge >= 0.3 is 0 Å². The third-order valence-corrected chi connectivity index (χ3v) is 4.20. The van der Waals surface area contributed by atoms with E-state index in [1.807, 2.05) is 0 Å². The maximum absolute atomic E-state index is 13.7. The lowest BCUT2D eigenvalue weighted by atomic mass is 10.1. The van der Waals surface area contributed by atoms with Gasteiger partial charge in [0.2, 0.25) is 10.0 Å². The smallest absolute Gasteiger partial charge is 0.251 e. The van der Waals surface area contributed by atoms with Gasteiger partial charge in [-0.3, -0.25) is 4.79 Å². The molecule has 9 heteroatoms. The van der Waals surface area contributed by atoms with E-state index in [9.17, 15) is 26.4 Å². The van der Waals surface area contributed by atoms with Gasteiger partial charge in [-0.2, -0.15) is 0 Å². The number of amides is 1. The van der Waals surface area contributed by atoms with Crippen molar-refractivity contribution in [2.45, 2.75) is 17.9 Å². The largest absolute Gasteiger partial charge is 0.345 e. The molecule has 1 amide bonds. The Kier molecular flexibility index (Phi) is 4.95. The highest BCUT2D eigenvalue weighted by Gasteiger charge is 2.19. The first-order chi connectivity index (χ1) is 11.1. The molecule has 1 atom stereocenters. The number of primary sulfonamides is 1. The highest BCUT2D eigenvalue weighted by atomic mass is 32.2. The molecule has 2 aromatic carbocycles.